The van der Waals surface area contributed by atoms with E-state index < -0.39 is 12.0 Å². The first-order chi connectivity index (χ1) is 22.3. The molecule has 0 unspecified atom stereocenters. The summed E-state index contributed by atoms with van der Waals surface area (Å²) in [6.07, 6.45) is 3.18. The molecule has 0 saturated heterocycles. The van der Waals surface area contributed by atoms with Crippen LogP contribution >= 0.6 is 27.3 Å². The highest BCUT2D eigenvalue weighted by Gasteiger charge is 2.36. The third-order valence-corrected chi connectivity index (χ3v) is 9.70. The van der Waals surface area contributed by atoms with Gasteiger partial charge in [-0.25, -0.2) is 14.2 Å². The number of ether oxygens (including phenoxy) is 2. The van der Waals surface area contributed by atoms with Crippen molar-refractivity contribution in [1.29, 1.82) is 0 Å². The third kappa shape index (κ3) is 5.64. The van der Waals surface area contributed by atoms with Gasteiger partial charge in [-0.2, -0.15) is 0 Å². The number of carbonyl (C=O) groups excluding carboxylic acids is 1. The van der Waals surface area contributed by atoms with Gasteiger partial charge in [0.1, 0.15) is 17.6 Å². The minimum Gasteiger partial charge on any atom is -0.496 e. The molecule has 0 saturated carbocycles. The van der Waals surface area contributed by atoms with Crippen molar-refractivity contribution in [2.45, 2.75) is 46.2 Å². The van der Waals surface area contributed by atoms with E-state index in [0.29, 0.717) is 50.4 Å². The number of hydrogen-bond acceptors (Lipinski definition) is 6. The number of carbonyl (C=O) groups is 1. The molecule has 3 heterocycles. The van der Waals surface area contributed by atoms with Crippen LogP contribution in [0.2, 0.25) is 0 Å². The largest absolute Gasteiger partial charge is 0.496 e. The summed E-state index contributed by atoms with van der Waals surface area (Å²) in [6.45, 7) is 6.30. The number of allylic oxidation sites excluding steroid dienone is 1. The zero-order valence-corrected chi connectivity index (χ0v) is 28.4. The fourth-order valence-corrected chi connectivity index (χ4v) is 7.49. The number of thiazole rings is 1. The summed E-state index contributed by atoms with van der Waals surface area (Å²) >= 11 is 4.85. The van der Waals surface area contributed by atoms with Gasteiger partial charge in [-0.3, -0.25) is 9.36 Å². The molecule has 236 valence electrons. The molecule has 0 aliphatic carbocycles. The number of benzene rings is 3. The molecule has 0 N–H and O–H groups in total. The molecule has 2 aromatic heterocycles. The van der Waals surface area contributed by atoms with Crippen molar-refractivity contribution >= 4 is 50.2 Å². The molecule has 7 nitrogen and oxygen atoms in total. The molecule has 10 heteroatoms. The Morgan fingerprint density at radius 1 is 1.11 bits per heavy atom. The van der Waals surface area contributed by atoms with E-state index in [2.05, 4.69) is 20.5 Å². The van der Waals surface area contributed by atoms with Gasteiger partial charge in [0.2, 0.25) is 0 Å². The van der Waals surface area contributed by atoms with Gasteiger partial charge in [-0.1, -0.05) is 77.0 Å². The van der Waals surface area contributed by atoms with Crippen molar-refractivity contribution < 1.29 is 18.7 Å². The summed E-state index contributed by atoms with van der Waals surface area (Å²) in [5.41, 5.74) is 4.58. The van der Waals surface area contributed by atoms with Crippen molar-refractivity contribution in [2.24, 2.45) is 4.99 Å². The first-order valence-corrected chi connectivity index (χ1v) is 16.7. The zero-order valence-electron chi connectivity index (χ0n) is 26.0. The minimum atomic E-state index is -0.810. The van der Waals surface area contributed by atoms with Crippen molar-refractivity contribution in [3.63, 3.8) is 0 Å². The monoisotopic (exact) mass is 701 g/mol. The maximum absolute atomic E-state index is 14.7. The highest BCUT2D eigenvalue weighted by atomic mass is 79.9. The van der Waals surface area contributed by atoms with Crippen LogP contribution in [0.5, 0.6) is 5.75 Å². The van der Waals surface area contributed by atoms with Gasteiger partial charge < -0.3 is 14.0 Å². The van der Waals surface area contributed by atoms with Crippen LogP contribution in [-0.4, -0.2) is 28.8 Å². The number of rotatable bonds is 9. The molecule has 1 aliphatic rings. The van der Waals surface area contributed by atoms with Gasteiger partial charge in [0.05, 0.1) is 36.1 Å². The van der Waals surface area contributed by atoms with Gasteiger partial charge in [0.15, 0.2) is 4.80 Å². The SMILES string of the molecule is CCCC1=C(C(=O)OCC)[C@H](c2cc(Br)ccc2OC)n2c(s/c(=C/c3c(C)n(Cc4ccccc4F)c4ccccc34)c2=O)=N1. The number of aromatic nitrogens is 2. The predicted molar refractivity (Wildman–Crippen MR) is 183 cm³/mol. The number of nitrogens with zero attached hydrogens (tertiary/aromatic N) is 3. The number of methoxy groups -OCH3 is 1. The van der Waals surface area contributed by atoms with E-state index in [-0.39, 0.29) is 18.0 Å². The van der Waals surface area contributed by atoms with Gasteiger partial charge in [-0.05, 0) is 56.7 Å². The van der Waals surface area contributed by atoms with Gasteiger partial charge in [0.25, 0.3) is 5.56 Å². The van der Waals surface area contributed by atoms with Crippen LogP contribution in [0.25, 0.3) is 17.0 Å². The van der Waals surface area contributed by atoms with Crippen molar-refractivity contribution in [1.82, 2.24) is 9.13 Å². The van der Waals surface area contributed by atoms with Crippen LogP contribution in [0.15, 0.2) is 92.3 Å². The van der Waals surface area contributed by atoms with E-state index in [1.165, 1.54) is 17.4 Å². The maximum Gasteiger partial charge on any atom is 0.338 e. The lowest BCUT2D eigenvalue weighted by molar-refractivity contribution is -0.139. The Morgan fingerprint density at radius 2 is 1.87 bits per heavy atom. The Kier molecular flexibility index (Phi) is 9.11. The molecule has 0 amide bonds. The lowest BCUT2D eigenvalue weighted by Crippen LogP contribution is -2.40. The Labute approximate surface area is 278 Å². The highest BCUT2D eigenvalue weighted by Crippen LogP contribution is 2.38. The number of fused-ring (bicyclic) bond motifs is 2. The lowest BCUT2D eigenvalue weighted by atomic mass is 9.93. The standard InChI is InChI=1S/C36H33BrFN3O4S/c1-5-11-28-32(35(43)45-6-2)33(26-18-23(37)16-17-30(26)44-4)41-34(42)31(46-36(41)39-28)19-25-21(3)40(29-15-10-8-13-24(25)29)20-22-12-7-9-14-27(22)38/h7-10,12-19,33H,5-6,11,20H2,1-4H3/b31-19+/t33-/m0/s1. The molecule has 5 aromatic rings. The summed E-state index contributed by atoms with van der Waals surface area (Å²) in [6, 6.07) is 19.4. The topological polar surface area (TPSA) is 74.8 Å². The van der Waals surface area contributed by atoms with Crippen LogP contribution in [0.3, 0.4) is 0 Å². The Hall–Kier alpha value is -4.28. The van der Waals surface area contributed by atoms with E-state index in [1.807, 2.05) is 68.5 Å². The summed E-state index contributed by atoms with van der Waals surface area (Å²) in [5.74, 6) is -0.241. The van der Waals surface area contributed by atoms with Crippen LogP contribution < -0.4 is 19.6 Å². The van der Waals surface area contributed by atoms with Crippen molar-refractivity contribution in [2.75, 3.05) is 13.7 Å². The number of esters is 1. The number of para-hydroxylation sites is 1. The second-order valence-corrected chi connectivity index (χ2v) is 12.9. The van der Waals surface area contributed by atoms with Gasteiger partial charge >= 0.3 is 5.97 Å². The molecule has 1 atom stereocenters. The van der Waals surface area contributed by atoms with Crippen LogP contribution in [0.1, 0.15) is 55.1 Å². The van der Waals surface area contributed by atoms with Crippen molar-refractivity contribution in [3.05, 3.63) is 130 Å². The second kappa shape index (κ2) is 13.2. The quantitative estimate of drug-likeness (QED) is 0.159. The smallest absolute Gasteiger partial charge is 0.338 e. The van der Waals surface area contributed by atoms with Crippen LogP contribution in [-0.2, 0) is 16.1 Å². The molecule has 0 radical (unpaired) electrons. The zero-order chi connectivity index (χ0) is 32.5. The van der Waals surface area contributed by atoms with E-state index in [9.17, 15) is 14.0 Å². The summed E-state index contributed by atoms with van der Waals surface area (Å²) in [4.78, 5) is 33.4. The minimum absolute atomic E-state index is 0.185. The van der Waals surface area contributed by atoms with E-state index in [0.717, 1.165) is 33.1 Å². The first-order valence-electron chi connectivity index (χ1n) is 15.1. The molecule has 0 bridgehead atoms. The van der Waals surface area contributed by atoms with Crippen LogP contribution in [0.4, 0.5) is 4.39 Å². The summed E-state index contributed by atoms with van der Waals surface area (Å²) < 4.78 is 30.9. The van der Waals surface area contributed by atoms with Crippen molar-refractivity contribution in [3.8, 4) is 5.75 Å². The molecular weight excluding hydrogens is 669 g/mol. The number of halogens is 2. The molecule has 46 heavy (non-hydrogen) atoms. The average molecular weight is 703 g/mol. The van der Waals surface area contributed by atoms with Gasteiger partial charge in [0, 0.05) is 37.8 Å². The van der Waals surface area contributed by atoms with Gasteiger partial charge in [-0.15, -0.1) is 0 Å². The molecule has 0 spiro atoms. The normalized spacial score (nSPS) is 14.8. The van der Waals surface area contributed by atoms with E-state index in [1.54, 1.807) is 30.7 Å². The Morgan fingerprint density at radius 3 is 2.61 bits per heavy atom. The Balaban J connectivity index is 1.61. The second-order valence-electron chi connectivity index (χ2n) is 11.0. The summed E-state index contributed by atoms with van der Waals surface area (Å²) in [5, 5.41) is 0.950. The fraction of sp³-hybridized carbons (Fsp3) is 0.250. The van der Waals surface area contributed by atoms with Crippen LogP contribution in [0, 0.1) is 12.7 Å². The highest BCUT2D eigenvalue weighted by molar-refractivity contribution is 9.10. The third-order valence-electron chi connectivity index (χ3n) is 8.22. The fourth-order valence-electron chi connectivity index (χ4n) is 6.11. The Bertz CT molecular complexity index is 2200. The van der Waals surface area contributed by atoms with E-state index >= 15 is 0 Å². The molecule has 0 fully saturated rings. The molecule has 3 aromatic carbocycles. The average Bonchev–Trinajstić information content (AvgIpc) is 3.50. The number of hydrogen-bond donors (Lipinski definition) is 0. The first kappa shape index (κ1) is 31.7. The molecule has 6 rings (SSSR count). The van der Waals surface area contributed by atoms with E-state index in [4.69, 9.17) is 14.5 Å². The molecule has 1 aliphatic heterocycles. The molecular formula is C36H33BrFN3O4S. The maximum atomic E-state index is 14.7. The summed E-state index contributed by atoms with van der Waals surface area (Å²) in [7, 11) is 1.57. The lowest BCUT2D eigenvalue weighted by Gasteiger charge is -2.27. The predicted octanol–water partition coefficient (Wildman–Crippen LogP) is 6.80.